The van der Waals surface area contributed by atoms with Crippen LogP contribution in [0.2, 0.25) is 0 Å². The number of methoxy groups -OCH3 is 1. The molecular weight excluding hydrogens is 372 g/mol. The largest absolute Gasteiger partial charge is 0.469 e. The van der Waals surface area contributed by atoms with Crippen LogP contribution in [-0.4, -0.2) is 21.5 Å². The first-order valence-corrected chi connectivity index (χ1v) is 8.46. The molecule has 0 aliphatic heterocycles. The molecule has 0 unspecified atom stereocenters. The predicted octanol–water partition coefficient (Wildman–Crippen LogP) is 2.93. The Hall–Kier alpha value is -1.86. The predicted molar refractivity (Wildman–Crippen MR) is 84.1 cm³/mol. The van der Waals surface area contributed by atoms with E-state index in [1.165, 1.54) is 31.4 Å². The Balaban J connectivity index is 2.15. The lowest BCUT2D eigenvalue weighted by Crippen LogP contribution is -2.10. The van der Waals surface area contributed by atoms with Gasteiger partial charge in [0.1, 0.15) is 10.6 Å². The van der Waals surface area contributed by atoms with Gasteiger partial charge in [-0.1, -0.05) is 34.1 Å². The number of benzene rings is 2. The van der Waals surface area contributed by atoms with Crippen molar-refractivity contribution >= 4 is 32.0 Å². The first kappa shape index (κ1) is 16.5. The van der Waals surface area contributed by atoms with E-state index in [4.69, 9.17) is 4.18 Å². The fourth-order valence-electron chi connectivity index (χ4n) is 1.70. The summed E-state index contributed by atoms with van der Waals surface area (Å²) in [6, 6.07) is 12.5. The molecule has 0 aliphatic rings. The molecule has 116 valence electrons. The van der Waals surface area contributed by atoms with Crippen molar-refractivity contribution in [2.24, 2.45) is 0 Å². The highest BCUT2D eigenvalue weighted by Crippen LogP contribution is 2.21. The summed E-state index contributed by atoms with van der Waals surface area (Å²) in [6.07, 6.45) is 0.120. The highest BCUT2D eigenvalue weighted by molar-refractivity contribution is 9.10. The van der Waals surface area contributed by atoms with E-state index in [9.17, 15) is 13.2 Å². The van der Waals surface area contributed by atoms with Gasteiger partial charge < -0.3 is 8.92 Å². The average molecular weight is 385 g/mol. The topological polar surface area (TPSA) is 69.7 Å². The fourth-order valence-corrected chi connectivity index (χ4v) is 3.23. The summed E-state index contributed by atoms with van der Waals surface area (Å²) in [5.41, 5.74) is 0.707. The number of ether oxygens (including phenoxy) is 1. The zero-order valence-corrected chi connectivity index (χ0v) is 14.1. The van der Waals surface area contributed by atoms with Gasteiger partial charge in [-0.05, 0) is 35.9 Å². The highest BCUT2D eigenvalue weighted by atomic mass is 79.9. The number of carbonyl (C=O) groups excluding carboxylic acids is 1. The molecular formula is C15H13BrO5S. The second-order valence-electron chi connectivity index (χ2n) is 4.39. The van der Waals surface area contributed by atoms with Crippen LogP contribution in [0.5, 0.6) is 5.75 Å². The summed E-state index contributed by atoms with van der Waals surface area (Å²) >= 11 is 3.22. The maximum absolute atomic E-state index is 12.1. The monoisotopic (exact) mass is 384 g/mol. The Kier molecular flexibility index (Phi) is 5.20. The molecule has 0 aromatic heterocycles. The van der Waals surface area contributed by atoms with Crippen LogP contribution in [0.25, 0.3) is 0 Å². The van der Waals surface area contributed by atoms with Crippen LogP contribution in [0.3, 0.4) is 0 Å². The molecule has 7 heteroatoms. The molecule has 0 spiro atoms. The molecule has 2 aromatic rings. The molecule has 2 aromatic carbocycles. The summed E-state index contributed by atoms with van der Waals surface area (Å²) in [5, 5.41) is 0. The minimum Gasteiger partial charge on any atom is -0.469 e. The second kappa shape index (κ2) is 6.93. The molecule has 0 saturated heterocycles. The average Bonchev–Trinajstić information content (AvgIpc) is 2.49. The number of carbonyl (C=O) groups is 1. The van der Waals surface area contributed by atoms with Crippen molar-refractivity contribution in [2.45, 2.75) is 11.3 Å². The van der Waals surface area contributed by atoms with E-state index in [2.05, 4.69) is 20.7 Å². The minimum atomic E-state index is -3.90. The number of rotatable bonds is 5. The molecule has 0 saturated carbocycles. The third-order valence-corrected chi connectivity index (χ3v) is 4.53. The van der Waals surface area contributed by atoms with Crippen molar-refractivity contribution in [3.8, 4) is 5.75 Å². The molecule has 0 radical (unpaired) electrons. The molecule has 0 fully saturated rings. The van der Waals surface area contributed by atoms with E-state index in [0.717, 1.165) is 0 Å². The van der Waals surface area contributed by atoms with Crippen molar-refractivity contribution < 1.29 is 22.1 Å². The van der Waals surface area contributed by atoms with Crippen LogP contribution in [0, 0.1) is 0 Å². The van der Waals surface area contributed by atoms with E-state index in [1.807, 2.05) is 0 Å². The maximum atomic E-state index is 12.1. The van der Waals surface area contributed by atoms with Crippen LogP contribution >= 0.6 is 15.9 Å². The van der Waals surface area contributed by atoms with Gasteiger partial charge >= 0.3 is 16.1 Å². The summed E-state index contributed by atoms with van der Waals surface area (Å²) < 4.78 is 34.6. The van der Waals surface area contributed by atoms with Crippen LogP contribution in [0.1, 0.15) is 5.56 Å². The molecule has 22 heavy (non-hydrogen) atoms. The summed E-state index contributed by atoms with van der Waals surface area (Å²) in [4.78, 5) is 11.2. The molecule has 0 N–H and O–H groups in total. The number of hydrogen-bond acceptors (Lipinski definition) is 5. The van der Waals surface area contributed by atoms with Gasteiger partial charge in [-0.3, -0.25) is 4.79 Å². The Morgan fingerprint density at radius 2 is 1.82 bits per heavy atom. The first-order valence-electron chi connectivity index (χ1n) is 6.26. The second-order valence-corrected chi connectivity index (χ2v) is 6.85. The van der Waals surface area contributed by atoms with E-state index in [-0.39, 0.29) is 23.0 Å². The minimum absolute atomic E-state index is 0.0560. The number of hydrogen-bond donors (Lipinski definition) is 0. The molecule has 2 rings (SSSR count). The summed E-state index contributed by atoms with van der Waals surface area (Å²) in [6.45, 7) is 0. The fraction of sp³-hybridized carbons (Fsp3) is 0.133. The van der Waals surface area contributed by atoms with Gasteiger partial charge in [-0.2, -0.15) is 8.42 Å². The quantitative estimate of drug-likeness (QED) is 0.585. The molecule has 0 heterocycles. The lowest BCUT2D eigenvalue weighted by molar-refractivity contribution is -0.139. The van der Waals surface area contributed by atoms with Gasteiger partial charge in [-0.25, -0.2) is 0 Å². The zero-order chi connectivity index (χ0) is 16.2. The van der Waals surface area contributed by atoms with Crippen LogP contribution in [0.4, 0.5) is 0 Å². The Morgan fingerprint density at radius 3 is 2.41 bits per heavy atom. The van der Waals surface area contributed by atoms with E-state index < -0.39 is 10.1 Å². The van der Waals surface area contributed by atoms with E-state index >= 15 is 0 Å². The standard InChI is InChI=1S/C15H13BrO5S/c1-20-15(17)9-11-5-7-13(8-6-11)21-22(18,19)14-4-2-3-12(16)10-14/h2-8,10H,9H2,1H3. The van der Waals surface area contributed by atoms with Gasteiger partial charge in [0.25, 0.3) is 0 Å². The Morgan fingerprint density at radius 1 is 1.14 bits per heavy atom. The Bertz CT molecular complexity index is 769. The van der Waals surface area contributed by atoms with E-state index in [0.29, 0.717) is 10.0 Å². The van der Waals surface area contributed by atoms with Gasteiger partial charge in [0.15, 0.2) is 0 Å². The molecule has 0 atom stereocenters. The first-order chi connectivity index (χ1) is 10.4. The molecule has 5 nitrogen and oxygen atoms in total. The van der Waals surface area contributed by atoms with Crippen molar-refractivity contribution in [1.82, 2.24) is 0 Å². The lowest BCUT2D eigenvalue weighted by Gasteiger charge is -2.08. The van der Waals surface area contributed by atoms with Crippen molar-refractivity contribution in [3.63, 3.8) is 0 Å². The highest BCUT2D eigenvalue weighted by Gasteiger charge is 2.17. The van der Waals surface area contributed by atoms with Crippen LogP contribution in [-0.2, 0) is 26.1 Å². The van der Waals surface area contributed by atoms with Crippen molar-refractivity contribution in [2.75, 3.05) is 7.11 Å². The smallest absolute Gasteiger partial charge is 0.339 e. The van der Waals surface area contributed by atoms with Crippen molar-refractivity contribution in [1.29, 1.82) is 0 Å². The molecule has 0 bridgehead atoms. The van der Waals surface area contributed by atoms with Gasteiger partial charge in [0.05, 0.1) is 13.5 Å². The zero-order valence-electron chi connectivity index (χ0n) is 11.7. The summed E-state index contributed by atoms with van der Waals surface area (Å²) in [7, 11) is -2.59. The molecule has 0 aliphatic carbocycles. The molecule has 0 amide bonds. The van der Waals surface area contributed by atoms with Gasteiger partial charge in [-0.15, -0.1) is 0 Å². The Labute approximate surface area is 137 Å². The van der Waals surface area contributed by atoms with Crippen molar-refractivity contribution in [3.05, 3.63) is 58.6 Å². The summed E-state index contributed by atoms with van der Waals surface area (Å²) in [5.74, 6) is -0.191. The van der Waals surface area contributed by atoms with E-state index in [1.54, 1.807) is 24.3 Å². The third-order valence-electron chi connectivity index (χ3n) is 2.79. The number of halogens is 1. The van der Waals surface area contributed by atoms with Crippen LogP contribution in [0.15, 0.2) is 57.9 Å². The third kappa shape index (κ3) is 4.32. The SMILES string of the molecule is COC(=O)Cc1ccc(OS(=O)(=O)c2cccc(Br)c2)cc1. The maximum Gasteiger partial charge on any atom is 0.339 e. The normalized spacial score (nSPS) is 11.0. The lowest BCUT2D eigenvalue weighted by atomic mass is 10.1. The van der Waals surface area contributed by atoms with Crippen LogP contribution < -0.4 is 4.18 Å². The number of esters is 1. The van der Waals surface area contributed by atoms with Gasteiger partial charge in [0.2, 0.25) is 0 Å². The van der Waals surface area contributed by atoms with Gasteiger partial charge in [0, 0.05) is 4.47 Å².